The standard InChI is InChI=1S/C26H32N6O.C9H20.C2H6/c1-5-8-23(32-13-11-31(18-33)12-14-32)15-25-24(6-2)20(4)29-30-26(25)28-17-22-10-7-9-21(16-27)19(22)3;1-4-6-7-8-9(3)5-2;1-2/h6-10,15,18H,5,11-14,17H2,1-4H3,(H,28,30);9H,4-8H2,1-3H3;1-2H3/b23-8-,24-6-,25-15+;;. The van der Waals surface area contributed by atoms with Gasteiger partial charge in [-0.15, -0.1) is 5.10 Å². The topological polar surface area (TPSA) is 85.2 Å². The highest BCUT2D eigenvalue weighted by Crippen LogP contribution is 2.15. The molecule has 1 aliphatic heterocycles. The summed E-state index contributed by atoms with van der Waals surface area (Å²) in [5.74, 6) is 1.67. The van der Waals surface area contributed by atoms with Crippen molar-refractivity contribution < 1.29 is 4.79 Å². The highest BCUT2D eigenvalue weighted by Gasteiger charge is 2.17. The summed E-state index contributed by atoms with van der Waals surface area (Å²) in [7, 11) is 0. The second-order valence-electron chi connectivity index (χ2n) is 11.1. The number of nitriles is 1. The summed E-state index contributed by atoms with van der Waals surface area (Å²) in [6.45, 7) is 22.5. The third-order valence-corrected chi connectivity index (χ3v) is 8.07. The fourth-order valence-electron chi connectivity index (χ4n) is 5.04. The number of rotatable bonds is 12. The Morgan fingerprint density at radius 1 is 1.07 bits per heavy atom. The molecule has 0 aliphatic carbocycles. The van der Waals surface area contributed by atoms with Crippen molar-refractivity contribution in [3.8, 4) is 6.07 Å². The number of aryl methyl sites for hydroxylation is 1. The van der Waals surface area contributed by atoms with Crippen LogP contribution in [0.3, 0.4) is 0 Å². The van der Waals surface area contributed by atoms with Crippen LogP contribution in [0.5, 0.6) is 0 Å². The van der Waals surface area contributed by atoms with Gasteiger partial charge in [-0.25, -0.2) is 0 Å². The summed E-state index contributed by atoms with van der Waals surface area (Å²) in [5, 5.41) is 23.7. The SMILES string of the molecule is C/C=c1/c(C)nnc(NCc2cccc(C#N)c2C)/c1=C/C(=C/CC)N1CCN(C=O)CC1.CC.CCCCCC(C)CC. The number of nitrogens with one attached hydrogen (secondary N) is 1. The number of carbonyl (C=O) groups is 1. The Kier molecular flexibility index (Phi) is 19.1. The molecule has 1 amide bonds. The lowest BCUT2D eigenvalue weighted by atomic mass is 10.0. The molecule has 0 bridgehead atoms. The molecule has 0 radical (unpaired) electrons. The summed E-state index contributed by atoms with van der Waals surface area (Å²) in [4.78, 5) is 15.2. The number of benzene rings is 1. The van der Waals surface area contributed by atoms with Gasteiger partial charge in [-0.05, 0) is 56.4 Å². The lowest BCUT2D eigenvalue weighted by Gasteiger charge is -2.35. The molecule has 1 aromatic heterocycles. The van der Waals surface area contributed by atoms with E-state index in [4.69, 9.17) is 0 Å². The maximum atomic E-state index is 11.1. The first-order chi connectivity index (χ1) is 21.3. The second kappa shape index (κ2) is 21.9. The Hall–Kier alpha value is -3.66. The number of amides is 1. The molecular formula is C37H58N6O. The lowest BCUT2D eigenvalue weighted by molar-refractivity contribution is -0.119. The molecule has 1 fully saturated rings. The summed E-state index contributed by atoms with van der Waals surface area (Å²) >= 11 is 0. The predicted molar refractivity (Wildman–Crippen MR) is 186 cm³/mol. The zero-order valence-electron chi connectivity index (χ0n) is 29.0. The van der Waals surface area contributed by atoms with Crippen LogP contribution in [0, 0.1) is 31.1 Å². The van der Waals surface area contributed by atoms with E-state index >= 15 is 0 Å². The molecule has 1 aromatic carbocycles. The molecule has 1 aliphatic rings. The molecule has 1 unspecified atom stereocenters. The van der Waals surface area contributed by atoms with Gasteiger partial charge in [-0.3, -0.25) is 4.79 Å². The van der Waals surface area contributed by atoms with Gasteiger partial charge in [-0.2, -0.15) is 10.4 Å². The van der Waals surface area contributed by atoms with E-state index in [0.717, 1.165) is 77.9 Å². The van der Waals surface area contributed by atoms with Gasteiger partial charge in [0.2, 0.25) is 6.41 Å². The van der Waals surface area contributed by atoms with Crippen molar-refractivity contribution in [2.24, 2.45) is 5.92 Å². The van der Waals surface area contributed by atoms with Crippen LogP contribution in [-0.2, 0) is 11.3 Å². The van der Waals surface area contributed by atoms with Crippen molar-refractivity contribution in [3.05, 3.63) is 62.8 Å². The van der Waals surface area contributed by atoms with Gasteiger partial charge in [0.1, 0.15) is 0 Å². The minimum absolute atomic E-state index is 0.550. The van der Waals surface area contributed by atoms with E-state index in [-0.39, 0.29) is 0 Å². The number of unbranched alkanes of at least 4 members (excludes halogenated alkanes) is 2. The summed E-state index contributed by atoms with van der Waals surface area (Å²) in [6.07, 6.45) is 15.3. The Morgan fingerprint density at radius 2 is 1.77 bits per heavy atom. The maximum Gasteiger partial charge on any atom is 0.209 e. The molecule has 1 atom stereocenters. The molecule has 44 heavy (non-hydrogen) atoms. The van der Waals surface area contributed by atoms with Gasteiger partial charge < -0.3 is 15.1 Å². The highest BCUT2D eigenvalue weighted by atomic mass is 16.1. The van der Waals surface area contributed by atoms with Gasteiger partial charge in [-0.1, -0.05) is 97.9 Å². The average Bonchev–Trinajstić information content (AvgIpc) is 3.06. The minimum atomic E-state index is 0.550. The van der Waals surface area contributed by atoms with Crippen LogP contribution < -0.4 is 15.8 Å². The first-order valence-electron chi connectivity index (χ1n) is 16.7. The average molecular weight is 603 g/mol. The molecule has 242 valence electrons. The molecule has 1 N–H and O–H groups in total. The van der Waals surface area contributed by atoms with E-state index in [2.05, 4.69) is 72.4 Å². The zero-order valence-corrected chi connectivity index (χ0v) is 29.0. The first-order valence-corrected chi connectivity index (χ1v) is 16.7. The van der Waals surface area contributed by atoms with Gasteiger partial charge in [0, 0.05) is 48.9 Å². The van der Waals surface area contributed by atoms with Crippen LogP contribution in [0.4, 0.5) is 5.82 Å². The van der Waals surface area contributed by atoms with Crippen molar-refractivity contribution in [2.45, 2.75) is 107 Å². The van der Waals surface area contributed by atoms with Crippen LogP contribution in [-0.4, -0.2) is 52.6 Å². The normalized spacial score (nSPS) is 14.6. The minimum Gasteiger partial charge on any atom is -0.368 e. The number of hydrogen-bond donors (Lipinski definition) is 1. The van der Waals surface area contributed by atoms with Crippen LogP contribution in [0.1, 0.15) is 109 Å². The molecule has 7 heteroatoms. The van der Waals surface area contributed by atoms with Crippen molar-refractivity contribution >= 4 is 24.4 Å². The summed E-state index contributed by atoms with van der Waals surface area (Å²) in [6, 6.07) is 8.01. The van der Waals surface area contributed by atoms with E-state index in [9.17, 15) is 10.1 Å². The number of hydrogen-bond acceptors (Lipinski definition) is 6. The molecular weight excluding hydrogens is 544 g/mol. The van der Waals surface area contributed by atoms with Gasteiger partial charge in [0.15, 0.2) is 5.82 Å². The monoisotopic (exact) mass is 602 g/mol. The van der Waals surface area contributed by atoms with Crippen LogP contribution in [0.25, 0.3) is 12.2 Å². The van der Waals surface area contributed by atoms with Crippen LogP contribution in [0.15, 0.2) is 30.0 Å². The predicted octanol–water partition coefficient (Wildman–Crippen LogP) is 6.87. The first kappa shape index (κ1) is 38.4. The molecule has 2 heterocycles. The van der Waals surface area contributed by atoms with Crippen molar-refractivity contribution in [1.29, 1.82) is 5.26 Å². The fourth-order valence-corrected chi connectivity index (χ4v) is 5.04. The number of nitrogens with zero attached hydrogens (tertiary/aromatic N) is 5. The highest BCUT2D eigenvalue weighted by molar-refractivity contribution is 5.55. The number of allylic oxidation sites excluding steroid dienone is 2. The summed E-state index contributed by atoms with van der Waals surface area (Å²) in [5.41, 5.74) is 4.71. The van der Waals surface area contributed by atoms with E-state index in [1.807, 2.05) is 57.7 Å². The molecule has 3 rings (SSSR count). The van der Waals surface area contributed by atoms with E-state index in [1.165, 1.54) is 32.1 Å². The molecule has 0 spiro atoms. The molecule has 0 saturated carbocycles. The lowest BCUT2D eigenvalue weighted by Crippen LogP contribution is -2.45. The van der Waals surface area contributed by atoms with Crippen molar-refractivity contribution in [2.75, 3.05) is 31.5 Å². The quantitative estimate of drug-likeness (QED) is 0.211. The van der Waals surface area contributed by atoms with E-state index in [1.54, 1.807) is 0 Å². The summed E-state index contributed by atoms with van der Waals surface area (Å²) < 4.78 is 0. The Morgan fingerprint density at radius 3 is 2.34 bits per heavy atom. The third kappa shape index (κ3) is 12.1. The van der Waals surface area contributed by atoms with E-state index in [0.29, 0.717) is 17.9 Å². The smallest absolute Gasteiger partial charge is 0.209 e. The number of aromatic nitrogens is 2. The van der Waals surface area contributed by atoms with E-state index < -0.39 is 0 Å². The maximum absolute atomic E-state index is 11.1. The Bertz CT molecular complexity index is 1320. The van der Waals surface area contributed by atoms with Crippen molar-refractivity contribution in [3.63, 3.8) is 0 Å². The molecule has 1 saturated heterocycles. The van der Waals surface area contributed by atoms with Gasteiger partial charge >= 0.3 is 0 Å². The van der Waals surface area contributed by atoms with Gasteiger partial charge in [0.25, 0.3) is 0 Å². The van der Waals surface area contributed by atoms with Crippen molar-refractivity contribution in [1.82, 2.24) is 20.0 Å². The number of carbonyl (C=O) groups excluding carboxylic acids is 1. The number of anilines is 1. The second-order valence-corrected chi connectivity index (χ2v) is 11.1. The third-order valence-electron chi connectivity index (χ3n) is 8.07. The molecule has 2 aromatic rings. The Labute approximate surface area is 267 Å². The largest absolute Gasteiger partial charge is 0.368 e. The van der Waals surface area contributed by atoms with Crippen LogP contribution >= 0.6 is 0 Å². The fraction of sp³-hybridized carbons (Fsp3) is 0.568. The zero-order chi connectivity index (χ0) is 32.9. The molecule has 7 nitrogen and oxygen atoms in total. The van der Waals surface area contributed by atoms with Gasteiger partial charge in [0.05, 0.1) is 17.3 Å². The number of piperazine rings is 1. The Balaban J connectivity index is 0.000000756. The van der Waals surface area contributed by atoms with Crippen LogP contribution in [0.2, 0.25) is 0 Å².